The lowest BCUT2D eigenvalue weighted by atomic mass is 10.1. The van der Waals surface area contributed by atoms with Gasteiger partial charge in [-0.1, -0.05) is 113 Å². The molecule has 264 valence electrons. The monoisotopic (exact) mass is 666 g/mol. The van der Waals surface area contributed by atoms with Gasteiger partial charge < -0.3 is 19.3 Å². The first kappa shape index (κ1) is 43.8. The molecular formula is C37H63O8P. The Morgan fingerprint density at radius 1 is 0.587 bits per heavy atom. The van der Waals surface area contributed by atoms with Gasteiger partial charge in [0, 0.05) is 12.8 Å². The van der Waals surface area contributed by atoms with Crippen LogP contribution >= 0.6 is 7.82 Å². The second kappa shape index (κ2) is 32.7. The molecule has 1 atom stereocenters. The summed E-state index contributed by atoms with van der Waals surface area (Å²) in [6, 6.07) is 0. The Morgan fingerprint density at radius 3 is 1.59 bits per heavy atom. The number of carbonyl (C=O) groups excluding carboxylic acids is 2. The van der Waals surface area contributed by atoms with Crippen LogP contribution in [0.2, 0.25) is 0 Å². The molecule has 0 fully saturated rings. The van der Waals surface area contributed by atoms with Gasteiger partial charge in [-0.05, 0) is 77.0 Å². The van der Waals surface area contributed by atoms with Crippen molar-refractivity contribution in [2.75, 3.05) is 13.2 Å². The van der Waals surface area contributed by atoms with Crippen LogP contribution in [0.3, 0.4) is 0 Å². The average molecular weight is 667 g/mol. The normalized spacial score (nSPS) is 13.2. The topological polar surface area (TPSA) is 119 Å². The minimum atomic E-state index is -4.76. The number of unbranched alkanes of at least 4 members (excludes halogenated alkanes) is 11. The van der Waals surface area contributed by atoms with E-state index in [2.05, 4.69) is 79.1 Å². The molecule has 0 saturated heterocycles. The van der Waals surface area contributed by atoms with E-state index in [1.54, 1.807) is 0 Å². The Morgan fingerprint density at radius 2 is 1.04 bits per heavy atom. The maximum atomic E-state index is 12.3. The maximum absolute atomic E-state index is 12.3. The van der Waals surface area contributed by atoms with E-state index in [1.807, 2.05) is 0 Å². The van der Waals surface area contributed by atoms with Crippen LogP contribution in [0.15, 0.2) is 60.8 Å². The van der Waals surface area contributed by atoms with Gasteiger partial charge >= 0.3 is 19.8 Å². The van der Waals surface area contributed by atoms with E-state index in [1.165, 1.54) is 25.7 Å². The Labute approximate surface area is 279 Å². The summed E-state index contributed by atoms with van der Waals surface area (Å²) in [5.41, 5.74) is 0. The van der Waals surface area contributed by atoms with Crippen LogP contribution < -0.4 is 0 Å². The third-order valence-corrected chi connectivity index (χ3v) is 7.51. The van der Waals surface area contributed by atoms with E-state index < -0.39 is 32.5 Å². The molecule has 0 aliphatic carbocycles. The van der Waals surface area contributed by atoms with Gasteiger partial charge in [-0.2, -0.15) is 0 Å². The standard InChI is InChI=1S/C37H63O8P/c1-3-5-7-9-11-13-15-17-18-20-21-23-25-27-29-31-36(38)43-33-35(34-44-46(40,41)42)45-37(39)32-30-28-26-24-22-19-16-14-12-10-8-6-4-2/h6,8,11-14,17-19,22,35H,3-5,7,9-10,15-16,20-21,23-34H2,1-2H3,(H2,40,41,42)/b8-6-,13-11-,14-12-,18-17-,22-19-. The largest absolute Gasteiger partial charge is 0.469 e. The van der Waals surface area contributed by atoms with Gasteiger partial charge in [0.25, 0.3) is 0 Å². The van der Waals surface area contributed by atoms with Gasteiger partial charge in [0.05, 0.1) is 6.61 Å². The highest BCUT2D eigenvalue weighted by atomic mass is 31.2. The first-order chi connectivity index (χ1) is 22.3. The number of hydrogen-bond acceptors (Lipinski definition) is 6. The Kier molecular flexibility index (Phi) is 31.1. The zero-order valence-corrected chi connectivity index (χ0v) is 29.6. The van der Waals surface area contributed by atoms with E-state index >= 15 is 0 Å². The van der Waals surface area contributed by atoms with Gasteiger partial charge in [-0.3, -0.25) is 14.1 Å². The van der Waals surface area contributed by atoms with Crippen molar-refractivity contribution in [1.82, 2.24) is 0 Å². The summed E-state index contributed by atoms with van der Waals surface area (Å²) in [4.78, 5) is 42.6. The van der Waals surface area contributed by atoms with Gasteiger partial charge in [-0.15, -0.1) is 0 Å². The SMILES string of the molecule is CC/C=C\C/C=C\C/C=C\CCCCCC(=O)OC(COC(=O)CCCCCCC/C=C\C/C=C\CCCCC)COP(=O)(O)O. The molecule has 9 heteroatoms. The number of phosphoric acid groups is 1. The molecule has 0 aromatic heterocycles. The van der Waals surface area contributed by atoms with Crippen molar-refractivity contribution in [3.63, 3.8) is 0 Å². The lowest BCUT2D eigenvalue weighted by Crippen LogP contribution is -2.29. The molecule has 0 aliphatic heterocycles. The van der Waals surface area contributed by atoms with E-state index in [0.29, 0.717) is 12.8 Å². The number of hydrogen-bond donors (Lipinski definition) is 2. The molecule has 0 bridgehead atoms. The van der Waals surface area contributed by atoms with Crippen LogP contribution in [-0.2, 0) is 28.2 Å². The predicted octanol–water partition coefficient (Wildman–Crippen LogP) is 10.2. The predicted molar refractivity (Wildman–Crippen MR) is 188 cm³/mol. The maximum Gasteiger partial charge on any atom is 0.469 e. The number of allylic oxidation sites excluding steroid dienone is 10. The molecule has 46 heavy (non-hydrogen) atoms. The van der Waals surface area contributed by atoms with Gasteiger partial charge in [0.15, 0.2) is 6.10 Å². The number of carbonyl (C=O) groups is 2. The van der Waals surface area contributed by atoms with Crippen LogP contribution in [-0.4, -0.2) is 41.0 Å². The summed E-state index contributed by atoms with van der Waals surface area (Å²) in [7, 11) is -4.76. The van der Waals surface area contributed by atoms with Gasteiger partial charge in [0.1, 0.15) is 6.61 Å². The summed E-state index contributed by atoms with van der Waals surface area (Å²) in [6.07, 6.45) is 39.4. The molecule has 0 amide bonds. The van der Waals surface area contributed by atoms with E-state index in [-0.39, 0.29) is 19.4 Å². The van der Waals surface area contributed by atoms with E-state index in [4.69, 9.17) is 19.3 Å². The zero-order valence-electron chi connectivity index (χ0n) is 28.7. The lowest BCUT2D eigenvalue weighted by Gasteiger charge is -2.18. The van der Waals surface area contributed by atoms with E-state index in [0.717, 1.165) is 77.0 Å². The summed E-state index contributed by atoms with van der Waals surface area (Å²) >= 11 is 0. The molecule has 0 aliphatic rings. The summed E-state index contributed by atoms with van der Waals surface area (Å²) in [5, 5.41) is 0. The molecule has 0 aromatic rings. The molecule has 0 spiro atoms. The summed E-state index contributed by atoms with van der Waals surface area (Å²) < 4.78 is 26.2. The van der Waals surface area contributed by atoms with E-state index in [9.17, 15) is 14.2 Å². The highest BCUT2D eigenvalue weighted by Crippen LogP contribution is 2.35. The smallest absolute Gasteiger partial charge is 0.462 e. The fourth-order valence-electron chi connectivity index (χ4n) is 4.41. The number of esters is 2. The highest BCUT2D eigenvalue weighted by Gasteiger charge is 2.22. The molecule has 0 heterocycles. The van der Waals surface area contributed by atoms with Gasteiger partial charge in [-0.25, -0.2) is 4.57 Å². The van der Waals surface area contributed by atoms with Crippen LogP contribution in [0.4, 0.5) is 0 Å². The van der Waals surface area contributed by atoms with Crippen molar-refractivity contribution < 1.29 is 37.9 Å². The Hall–Kier alpha value is -2.25. The third kappa shape index (κ3) is 34.6. The van der Waals surface area contributed by atoms with Crippen LogP contribution in [0.25, 0.3) is 0 Å². The quantitative estimate of drug-likeness (QED) is 0.0325. The molecule has 0 radical (unpaired) electrons. The second-order valence-corrected chi connectivity index (χ2v) is 12.7. The van der Waals surface area contributed by atoms with Crippen LogP contribution in [0.1, 0.15) is 142 Å². The molecule has 1 unspecified atom stereocenters. The lowest BCUT2D eigenvalue weighted by molar-refractivity contribution is -0.161. The molecule has 2 N–H and O–H groups in total. The van der Waals surface area contributed by atoms with Crippen molar-refractivity contribution in [2.24, 2.45) is 0 Å². The van der Waals surface area contributed by atoms with Crippen molar-refractivity contribution >= 4 is 19.8 Å². The molecule has 0 rings (SSSR count). The highest BCUT2D eigenvalue weighted by molar-refractivity contribution is 7.46. The zero-order chi connectivity index (χ0) is 34.0. The van der Waals surface area contributed by atoms with Crippen LogP contribution in [0, 0.1) is 0 Å². The minimum absolute atomic E-state index is 0.171. The van der Waals surface area contributed by atoms with Crippen molar-refractivity contribution in [1.29, 1.82) is 0 Å². The molecular weight excluding hydrogens is 603 g/mol. The molecule has 0 saturated carbocycles. The Balaban J connectivity index is 4.08. The van der Waals surface area contributed by atoms with Crippen molar-refractivity contribution in [2.45, 2.75) is 148 Å². The molecule has 0 aromatic carbocycles. The van der Waals surface area contributed by atoms with Crippen LogP contribution in [0.5, 0.6) is 0 Å². The number of rotatable bonds is 31. The minimum Gasteiger partial charge on any atom is -0.462 e. The Bertz CT molecular complexity index is 932. The second-order valence-electron chi connectivity index (χ2n) is 11.5. The fourth-order valence-corrected chi connectivity index (χ4v) is 4.78. The molecule has 8 nitrogen and oxygen atoms in total. The number of phosphoric ester groups is 1. The third-order valence-electron chi connectivity index (χ3n) is 7.02. The summed E-state index contributed by atoms with van der Waals surface area (Å²) in [5.74, 6) is -0.943. The average Bonchev–Trinajstić information content (AvgIpc) is 3.02. The summed E-state index contributed by atoms with van der Waals surface area (Å²) in [6.45, 7) is 3.48. The first-order valence-corrected chi connectivity index (χ1v) is 19.1. The van der Waals surface area contributed by atoms with Crippen molar-refractivity contribution in [3.05, 3.63) is 60.8 Å². The number of ether oxygens (including phenoxy) is 2. The fraction of sp³-hybridized carbons (Fsp3) is 0.676. The first-order valence-electron chi connectivity index (χ1n) is 17.6. The van der Waals surface area contributed by atoms with Crippen molar-refractivity contribution in [3.8, 4) is 0 Å². The van der Waals surface area contributed by atoms with Gasteiger partial charge in [0.2, 0.25) is 0 Å².